The summed E-state index contributed by atoms with van der Waals surface area (Å²) < 4.78 is 4.45. The molecule has 0 radical (unpaired) electrons. The lowest BCUT2D eigenvalue weighted by atomic mass is 10.3. The number of methoxy groups -OCH3 is 1. The van der Waals surface area contributed by atoms with Crippen LogP contribution in [-0.2, 0) is 14.3 Å². The molecular formula is C9H13NO3. The molecule has 0 aromatic carbocycles. The third-order valence-corrected chi connectivity index (χ3v) is 1.17. The molecule has 0 aromatic heterocycles. The van der Waals surface area contributed by atoms with Gasteiger partial charge >= 0.3 is 5.97 Å². The van der Waals surface area contributed by atoms with Crippen LogP contribution in [0.5, 0.6) is 0 Å². The maximum absolute atomic E-state index is 11.0. The highest BCUT2D eigenvalue weighted by atomic mass is 16.5. The minimum Gasteiger partial charge on any atom is -0.464 e. The first-order chi connectivity index (χ1) is 6.11. The molecule has 1 N–H and O–H groups in total. The summed E-state index contributed by atoms with van der Waals surface area (Å²) in [5.74, 6) is -0.866. The first-order valence-corrected chi connectivity index (χ1v) is 3.80. The number of ether oxygens (including phenoxy) is 1. The van der Waals surface area contributed by atoms with Crippen molar-refractivity contribution in [2.45, 2.75) is 13.8 Å². The number of nitrogens with one attached hydrogen (secondary N) is 1. The van der Waals surface area contributed by atoms with Crippen LogP contribution in [0.2, 0.25) is 0 Å². The molecule has 0 aliphatic rings. The van der Waals surface area contributed by atoms with E-state index in [1.54, 1.807) is 19.1 Å². The van der Waals surface area contributed by atoms with E-state index in [1.165, 1.54) is 20.1 Å². The van der Waals surface area contributed by atoms with Gasteiger partial charge in [0.25, 0.3) is 0 Å². The van der Waals surface area contributed by atoms with E-state index in [4.69, 9.17) is 0 Å². The van der Waals surface area contributed by atoms with Crippen molar-refractivity contribution in [2.75, 3.05) is 7.11 Å². The van der Waals surface area contributed by atoms with Gasteiger partial charge in [-0.3, -0.25) is 4.79 Å². The van der Waals surface area contributed by atoms with E-state index in [1.807, 2.05) is 0 Å². The molecule has 4 nitrogen and oxygen atoms in total. The Kier molecular flexibility index (Phi) is 5.27. The van der Waals surface area contributed by atoms with Crippen LogP contribution in [0.3, 0.4) is 0 Å². The second-order valence-corrected chi connectivity index (χ2v) is 2.28. The lowest BCUT2D eigenvalue weighted by Gasteiger charge is -2.03. The van der Waals surface area contributed by atoms with E-state index in [2.05, 4.69) is 10.1 Å². The van der Waals surface area contributed by atoms with Crippen LogP contribution in [0.15, 0.2) is 23.9 Å². The van der Waals surface area contributed by atoms with Gasteiger partial charge in [0, 0.05) is 6.92 Å². The quantitative estimate of drug-likeness (QED) is 0.399. The van der Waals surface area contributed by atoms with Crippen molar-refractivity contribution in [2.24, 2.45) is 0 Å². The number of hydrogen-bond donors (Lipinski definition) is 1. The lowest BCUT2D eigenvalue weighted by Crippen LogP contribution is -2.25. The maximum atomic E-state index is 11.0. The van der Waals surface area contributed by atoms with Gasteiger partial charge in [-0.2, -0.15) is 0 Å². The van der Waals surface area contributed by atoms with Gasteiger partial charge in [0.15, 0.2) is 0 Å². The second kappa shape index (κ2) is 5.99. The molecule has 0 unspecified atom stereocenters. The van der Waals surface area contributed by atoms with Crippen LogP contribution in [0.1, 0.15) is 13.8 Å². The molecule has 0 atom stereocenters. The van der Waals surface area contributed by atoms with Crippen molar-refractivity contribution in [1.82, 2.24) is 5.32 Å². The van der Waals surface area contributed by atoms with Crippen molar-refractivity contribution >= 4 is 11.9 Å². The molecule has 0 saturated heterocycles. The van der Waals surface area contributed by atoms with Gasteiger partial charge in [0.1, 0.15) is 5.70 Å². The Morgan fingerprint density at radius 1 is 1.38 bits per heavy atom. The third-order valence-electron chi connectivity index (χ3n) is 1.17. The Bertz CT molecular complexity index is 254. The first kappa shape index (κ1) is 11.4. The molecule has 72 valence electrons. The van der Waals surface area contributed by atoms with Crippen LogP contribution in [0.25, 0.3) is 0 Å². The van der Waals surface area contributed by atoms with Gasteiger partial charge < -0.3 is 10.1 Å². The number of carbonyl (C=O) groups excluding carboxylic acids is 2. The van der Waals surface area contributed by atoms with Crippen molar-refractivity contribution in [3.8, 4) is 0 Å². The summed E-state index contributed by atoms with van der Waals surface area (Å²) in [5, 5.41) is 2.36. The number of amides is 1. The van der Waals surface area contributed by atoms with Crippen molar-refractivity contribution in [3.05, 3.63) is 23.9 Å². The van der Waals surface area contributed by atoms with E-state index >= 15 is 0 Å². The second-order valence-electron chi connectivity index (χ2n) is 2.28. The molecule has 0 saturated carbocycles. The summed E-state index contributed by atoms with van der Waals surface area (Å²) in [4.78, 5) is 21.7. The summed E-state index contributed by atoms with van der Waals surface area (Å²) >= 11 is 0. The van der Waals surface area contributed by atoms with Crippen LogP contribution < -0.4 is 5.32 Å². The van der Waals surface area contributed by atoms with Crippen molar-refractivity contribution in [1.29, 1.82) is 0 Å². The Morgan fingerprint density at radius 2 is 2.00 bits per heavy atom. The van der Waals surface area contributed by atoms with E-state index < -0.39 is 5.97 Å². The number of allylic oxidation sites excluding steroid dienone is 3. The smallest absolute Gasteiger partial charge is 0.354 e. The Balaban J connectivity index is 4.54. The zero-order valence-electron chi connectivity index (χ0n) is 7.96. The minimum atomic E-state index is -0.562. The van der Waals surface area contributed by atoms with E-state index in [0.717, 1.165) is 0 Å². The SMILES string of the molecule is C/C=C/C=C(/NC(C)=O)C(=O)OC. The summed E-state index contributed by atoms with van der Waals surface area (Å²) in [6, 6.07) is 0. The molecule has 0 fully saturated rings. The number of rotatable bonds is 3. The van der Waals surface area contributed by atoms with Crippen LogP contribution >= 0.6 is 0 Å². The van der Waals surface area contributed by atoms with Gasteiger partial charge in [0.2, 0.25) is 5.91 Å². The number of esters is 1. The molecule has 0 aliphatic carbocycles. The highest BCUT2D eigenvalue weighted by Gasteiger charge is 2.08. The molecule has 13 heavy (non-hydrogen) atoms. The van der Waals surface area contributed by atoms with Gasteiger partial charge in [-0.1, -0.05) is 12.2 Å². The molecule has 4 heteroatoms. The zero-order chi connectivity index (χ0) is 10.3. The molecule has 0 aromatic rings. The molecule has 0 spiro atoms. The van der Waals surface area contributed by atoms with Crippen LogP contribution in [0.4, 0.5) is 0 Å². The fraction of sp³-hybridized carbons (Fsp3) is 0.333. The third kappa shape index (κ3) is 4.79. The Morgan fingerprint density at radius 3 is 2.38 bits per heavy atom. The van der Waals surface area contributed by atoms with Crippen molar-refractivity contribution < 1.29 is 14.3 Å². The largest absolute Gasteiger partial charge is 0.464 e. The Labute approximate surface area is 77.3 Å². The molecule has 0 aliphatic heterocycles. The van der Waals surface area contributed by atoms with Crippen LogP contribution in [-0.4, -0.2) is 19.0 Å². The molecule has 0 bridgehead atoms. The predicted molar refractivity (Wildman–Crippen MR) is 48.7 cm³/mol. The monoisotopic (exact) mass is 183 g/mol. The van der Waals surface area contributed by atoms with Gasteiger partial charge in [-0.15, -0.1) is 0 Å². The molecule has 0 heterocycles. The lowest BCUT2D eigenvalue weighted by molar-refractivity contribution is -0.137. The van der Waals surface area contributed by atoms with E-state index in [-0.39, 0.29) is 11.6 Å². The van der Waals surface area contributed by atoms with Crippen molar-refractivity contribution in [3.63, 3.8) is 0 Å². The zero-order valence-corrected chi connectivity index (χ0v) is 7.96. The highest BCUT2D eigenvalue weighted by molar-refractivity contribution is 5.93. The summed E-state index contributed by atoms with van der Waals surface area (Å²) in [5.41, 5.74) is 0.133. The molecule has 1 amide bonds. The van der Waals surface area contributed by atoms with Gasteiger partial charge in [-0.05, 0) is 13.0 Å². The fourth-order valence-corrected chi connectivity index (χ4v) is 0.653. The fourth-order valence-electron chi connectivity index (χ4n) is 0.653. The van der Waals surface area contributed by atoms with Gasteiger partial charge in [0.05, 0.1) is 7.11 Å². The normalized spacial score (nSPS) is 11.5. The average Bonchev–Trinajstić information content (AvgIpc) is 2.10. The summed E-state index contributed by atoms with van der Waals surface area (Å²) in [6.07, 6.45) is 4.86. The average molecular weight is 183 g/mol. The molecular weight excluding hydrogens is 170 g/mol. The first-order valence-electron chi connectivity index (χ1n) is 3.80. The van der Waals surface area contributed by atoms with E-state index in [9.17, 15) is 9.59 Å². The number of carbonyl (C=O) groups is 2. The van der Waals surface area contributed by atoms with E-state index in [0.29, 0.717) is 0 Å². The summed E-state index contributed by atoms with van der Waals surface area (Å²) in [6.45, 7) is 3.13. The predicted octanol–water partition coefficient (Wildman–Crippen LogP) is 0.755. The Hall–Kier alpha value is -1.58. The van der Waals surface area contributed by atoms with Gasteiger partial charge in [-0.25, -0.2) is 4.79 Å². The highest BCUT2D eigenvalue weighted by Crippen LogP contribution is 1.93. The minimum absolute atomic E-state index is 0.133. The summed E-state index contributed by atoms with van der Waals surface area (Å²) in [7, 11) is 1.26. The molecule has 0 rings (SSSR count). The van der Waals surface area contributed by atoms with Crippen LogP contribution in [0, 0.1) is 0 Å². The maximum Gasteiger partial charge on any atom is 0.354 e. The number of hydrogen-bond acceptors (Lipinski definition) is 3. The topological polar surface area (TPSA) is 55.4 Å². The standard InChI is InChI=1S/C9H13NO3/c1-4-5-6-8(9(12)13-3)10-7(2)11/h4-6H,1-3H3,(H,10,11)/b5-4+,8-6+.